The number of nitrogens with one attached hydrogen (secondary N) is 2. The Morgan fingerprint density at radius 2 is 1.81 bits per heavy atom. The van der Waals surface area contributed by atoms with E-state index in [4.69, 9.17) is 0 Å². The smallest absolute Gasteiger partial charge is 0.293 e. The summed E-state index contributed by atoms with van der Waals surface area (Å²) < 4.78 is 16.5. The Morgan fingerprint density at radius 3 is 2.40 bits per heavy atom. The number of thiophene rings is 1. The Bertz CT molecular complexity index is 1640. The number of hydrogen-bond acceptors (Lipinski definition) is 6. The lowest BCUT2D eigenvalue weighted by Crippen LogP contribution is -2.25. The van der Waals surface area contributed by atoms with Crippen LogP contribution in [0.2, 0.25) is 0 Å². The lowest BCUT2D eigenvalue weighted by atomic mass is 10.0. The number of nitrogens with zero attached hydrogens (tertiary/aromatic N) is 3. The number of halogens is 1. The predicted molar refractivity (Wildman–Crippen MR) is 172 cm³/mol. The molecule has 0 saturated heterocycles. The van der Waals surface area contributed by atoms with Crippen molar-refractivity contribution >= 4 is 34.4 Å². The van der Waals surface area contributed by atoms with Gasteiger partial charge in [0, 0.05) is 42.0 Å². The molecule has 0 aliphatic heterocycles. The third kappa shape index (κ3) is 6.79. The van der Waals surface area contributed by atoms with Crippen molar-refractivity contribution in [1.29, 1.82) is 0 Å². The van der Waals surface area contributed by atoms with Gasteiger partial charge in [0.1, 0.15) is 5.82 Å². The van der Waals surface area contributed by atoms with Crippen molar-refractivity contribution in [2.45, 2.75) is 66.5 Å². The van der Waals surface area contributed by atoms with Gasteiger partial charge >= 0.3 is 0 Å². The van der Waals surface area contributed by atoms with Crippen LogP contribution in [0.25, 0.3) is 11.3 Å². The first kappa shape index (κ1) is 31.1. The highest BCUT2D eigenvalue weighted by atomic mass is 32.1. The summed E-state index contributed by atoms with van der Waals surface area (Å²) in [6, 6.07) is 13.2. The van der Waals surface area contributed by atoms with Gasteiger partial charge in [0.25, 0.3) is 11.5 Å². The van der Waals surface area contributed by atoms with Crippen LogP contribution in [0.3, 0.4) is 0 Å². The number of rotatable bonds is 10. The highest BCUT2D eigenvalue weighted by molar-refractivity contribution is 7.14. The molecule has 222 valence electrons. The fourth-order valence-corrected chi connectivity index (χ4v) is 5.87. The normalized spacial score (nSPS) is 11.5. The van der Waals surface area contributed by atoms with Crippen molar-refractivity contribution in [1.82, 2.24) is 14.5 Å². The fourth-order valence-electron chi connectivity index (χ4n) is 4.72. The molecule has 0 atom stereocenters. The zero-order valence-electron chi connectivity index (χ0n) is 25.6. The minimum atomic E-state index is -0.535. The Labute approximate surface area is 251 Å². The minimum absolute atomic E-state index is 0.0992. The number of carbonyl (C=O) groups is 1. The molecule has 0 aliphatic rings. The number of benzene rings is 2. The van der Waals surface area contributed by atoms with Gasteiger partial charge in [0.15, 0.2) is 5.82 Å². The van der Waals surface area contributed by atoms with Crippen LogP contribution in [-0.2, 0) is 20.0 Å². The molecule has 0 bridgehead atoms. The maximum Gasteiger partial charge on any atom is 0.293 e. The molecular formula is C33H40FN5O2S. The van der Waals surface area contributed by atoms with Crippen LogP contribution in [0.15, 0.2) is 53.5 Å². The van der Waals surface area contributed by atoms with Gasteiger partial charge in [0.2, 0.25) is 0 Å². The third-order valence-electron chi connectivity index (χ3n) is 7.54. The van der Waals surface area contributed by atoms with Gasteiger partial charge in [-0.1, -0.05) is 32.9 Å². The van der Waals surface area contributed by atoms with Gasteiger partial charge < -0.3 is 15.2 Å². The molecule has 4 rings (SSSR count). The molecule has 2 aromatic carbocycles. The van der Waals surface area contributed by atoms with E-state index in [1.54, 1.807) is 26.2 Å². The molecule has 7 nitrogen and oxygen atoms in total. The zero-order chi connectivity index (χ0) is 30.7. The Hall–Kier alpha value is -3.82. The van der Waals surface area contributed by atoms with Crippen LogP contribution in [0, 0.1) is 12.7 Å². The first-order valence-corrected chi connectivity index (χ1v) is 15.1. The number of aryl methyl sites for hydroxylation is 2. The highest BCUT2D eigenvalue weighted by Gasteiger charge is 2.20. The number of amides is 1. The molecule has 42 heavy (non-hydrogen) atoms. The molecule has 0 aliphatic carbocycles. The van der Waals surface area contributed by atoms with Crippen molar-refractivity contribution in [2.75, 3.05) is 17.7 Å². The van der Waals surface area contributed by atoms with Crippen LogP contribution in [0.1, 0.15) is 71.8 Å². The van der Waals surface area contributed by atoms with Gasteiger partial charge in [-0.05, 0) is 87.2 Å². The summed E-state index contributed by atoms with van der Waals surface area (Å²) in [7, 11) is 3.73. The van der Waals surface area contributed by atoms with Gasteiger partial charge in [-0.15, -0.1) is 11.3 Å². The second-order valence-electron chi connectivity index (χ2n) is 11.3. The lowest BCUT2D eigenvalue weighted by molar-refractivity contribution is 0.103. The fraction of sp³-hybridized carbons (Fsp3) is 0.364. The van der Waals surface area contributed by atoms with Crippen LogP contribution >= 0.6 is 11.3 Å². The van der Waals surface area contributed by atoms with E-state index in [1.165, 1.54) is 22.0 Å². The van der Waals surface area contributed by atoms with Crippen molar-refractivity contribution in [3.63, 3.8) is 0 Å². The predicted octanol–water partition coefficient (Wildman–Crippen LogP) is 7.48. The molecule has 0 unspecified atom stereocenters. The Kier molecular flexibility index (Phi) is 9.64. The molecule has 1 amide bonds. The molecule has 0 spiro atoms. The second-order valence-corrected chi connectivity index (χ2v) is 12.4. The van der Waals surface area contributed by atoms with E-state index in [0.29, 0.717) is 33.7 Å². The molecule has 4 aromatic rings. The van der Waals surface area contributed by atoms with Gasteiger partial charge in [-0.2, -0.15) is 0 Å². The van der Waals surface area contributed by atoms with Crippen molar-refractivity contribution in [2.24, 2.45) is 7.05 Å². The van der Waals surface area contributed by atoms with Crippen molar-refractivity contribution in [3.05, 3.63) is 91.3 Å². The monoisotopic (exact) mass is 589 g/mol. The van der Waals surface area contributed by atoms with Crippen LogP contribution in [0.5, 0.6) is 0 Å². The number of hydrogen-bond donors (Lipinski definition) is 2. The molecule has 0 radical (unpaired) electrons. The molecule has 2 heterocycles. The summed E-state index contributed by atoms with van der Waals surface area (Å²) in [5.74, 6) is -0.433. The topological polar surface area (TPSA) is 79.3 Å². The van der Waals surface area contributed by atoms with Crippen LogP contribution in [-0.4, -0.2) is 33.4 Å². The molecule has 9 heteroatoms. The molecule has 2 N–H and O–H groups in total. The van der Waals surface area contributed by atoms with Crippen LogP contribution < -0.4 is 16.2 Å². The minimum Gasteiger partial charge on any atom is -0.336 e. The van der Waals surface area contributed by atoms with E-state index in [-0.39, 0.29) is 23.0 Å². The summed E-state index contributed by atoms with van der Waals surface area (Å²) in [6.07, 6.45) is 2.45. The van der Waals surface area contributed by atoms with Crippen LogP contribution in [0.4, 0.5) is 21.6 Å². The average molecular weight is 590 g/mol. The molecule has 2 aromatic heterocycles. The molecule has 0 saturated carbocycles. The second kappa shape index (κ2) is 13.0. The van der Waals surface area contributed by atoms with Crippen molar-refractivity contribution < 1.29 is 9.18 Å². The maximum atomic E-state index is 15.1. The van der Waals surface area contributed by atoms with E-state index in [0.717, 1.165) is 34.7 Å². The summed E-state index contributed by atoms with van der Waals surface area (Å²) in [4.78, 5) is 34.7. The first-order chi connectivity index (χ1) is 19.9. The number of aromatic nitrogens is 2. The van der Waals surface area contributed by atoms with Gasteiger partial charge in [0.05, 0.1) is 16.3 Å². The molecular weight excluding hydrogens is 549 g/mol. The largest absolute Gasteiger partial charge is 0.336 e. The van der Waals surface area contributed by atoms with E-state index < -0.39 is 5.82 Å². The van der Waals surface area contributed by atoms with E-state index in [9.17, 15) is 9.59 Å². The SMILES string of the molecule is CCc1sc(C(=O)Nc2c(F)ccc(-c3cn(C)c(=O)c(Nc4ccc(CN(C)C(C)C)cc4)n3)c2C)cc1C(C)C. The third-order valence-corrected chi connectivity index (χ3v) is 8.83. The summed E-state index contributed by atoms with van der Waals surface area (Å²) in [5.41, 5.74) is 4.47. The molecule has 0 fully saturated rings. The number of carbonyl (C=O) groups excluding carboxylic acids is 1. The van der Waals surface area contributed by atoms with Gasteiger partial charge in [-0.25, -0.2) is 9.37 Å². The zero-order valence-corrected chi connectivity index (χ0v) is 26.4. The van der Waals surface area contributed by atoms with Gasteiger partial charge in [-0.3, -0.25) is 14.5 Å². The maximum absolute atomic E-state index is 15.1. The van der Waals surface area contributed by atoms with E-state index in [2.05, 4.69) is 62.2 Å². The number of anilines is 3. The average Bonchev–Trinajstić information content (AvgIpc) is 3.39. The Balaban J connectivity index is 1.62. The van der Waals surface area contributed by atoms with E-state index >= 15 is 4.39 Å². The standard InChI is InChI=1S/C33H40FN5O2S/c1-9-28-25(19(2)3)16-29(42-28)32(40)37-30-21(6)24(14-15-26(30)34)27-18-39(8)33(41)31(36-27)35-23-12-10-22(11-13-23)17-38(7)20(4)5/h10-16,18-20H,9,17H2,1-8H3,(H,35,36)(H,37,40). The summed E-state index contributed by atoms with van der Waals surface area (Å²) in [5, 5.41) is 5.94. The summed E-state index contributed by atoms with van der Waals surface area (Å²) in [6.45, 7) is 13.1. The first-order valence-electron chi connectivity index (χ1n) is 14.3. The summed E-state index contributed by atoms with van der Waals surface area (Å²) >= 11 is 1.44. The van der Waals surface area contributed by atoms with E-state index in [1.807, 2.05) is 30.3 Å². The highest BCUT2D eigenvalue weighted by Crippen LogP contribution is 2.33. The Morgan fingerprint density at radius 1 is 1.12 bits per heavy atom. The van der Waals surface area contributed by atoms with Crippen molar-refractivity contribution in [3.8, 4) is 11.3 Å². The quantitative estimate of drug-likeness (QED) is 0.201. The lowest BCUT2D eigenvalue weighted by Gasteiger charge is -2.21.